The zero-order valence-electron chi connectivity index (χ0n) is 11.7. The average molecular weight is 276 g/mol. The predicted octanol–water partition coefficient (Wildman–Crippen LogP) is 3.50. The van der Waals surface area contributed by atoms with Crippen molar-refractivity contribution in [2.45, 2.75) is 38.2 Å². The van der Waals surface area contributed by atoms with Gasteiger partial charge in [-0.1, -0.05) is 18.6 Å². The summed E-state index contributed by atoms with van der Waals surface area (Å²) in [5.41, 5.74) is 0.734. The summed E-state index contributed by atoms with van der Waals surface area (Å²) in [5, 5.41) is 8.75. The molecular formula is C16H20O4. The van der Waals surface area contributed by atoms with Gasteiger partial charge in [0.15, 0.2) is 11.5 Å². The molecule has 1 aromatic rings. The van der Waals surface area contributed by atoms with Crippen molar-refractivity contribution in [3.05, 3.63) is 29.8 Å². The highest BCUT2D eigenvalue weighted by Crippen LogP contribution is 2.35. The predicted molar refractivity (Wildman–Crippen MR) is 77.2 cm³/mol. The van der Waals surface area contributed by atoms with Crippen LogP contribution in [0.5, 0.6) is 11.5 Å². The van der Waals surface area contributed by atoms with E-state index in [1.165, 1.54) is 19.3 Å². The lowest BCUT2D eigenvalue weighted by Crippen LogP contribution is -2.20. The van der Waals surface area contributed by atoms with Gasteiger partial charge in [0.1, 0.15) is 0 Å². The molecule has 0 spiro atoms. The maximum atomic E-state index is 10.7. The van der Waals surface area contributed by atoms with Crippen molar-refractivity contribution in [1.29, 1.82) is 0 Å². The van der Waals surface area contributed by atoms with Crippen LogP contribution in [0.25, 0.3) is 6.08 Å². The minimum atomic E-state index is -0.976. The first-order valence-corrected chi connectivity index (χ1v) is 6.95. The first-order valence-electron chi connectivity index (χ1n) is 6.95. The third-order valence-electron chi connectivity index (χ3n) is 3.47. The van der Waals surface area contributed by atoms with Crippen LogP contribution in [-0.2, 0) is 4.79 Å². The summed E-state index contributed by atoms with van der Waals surface area (Å²) in [6, 6.07) is 5.49. The lowest BCUT2D eigenvalue weighted by atomic mass is 9.97. The molecule has 1 fully saturated rings. The van der Waals surface area contributed by atoms with E-state index in [-0.39, 0.29) is 6.10 Å². The van der Waals surface area contributed by atoms with Crippen LogP contribution in [0, 0.1) is 0 Å². The average Bonchev–Trinajstić information content (AvgIpc) is 2.47. The normalized spacial score (nSPS) is 16.2. The fourth-order valence-electron chi connectivity index (χ4n) is 2.46. The van der Waals surface area contributed by atoms with Crippen LogP contribution in [0.15, 0.2) is 24.3 Å². The fraction of sp³-hybridized carbons (Fsp3) is 0.438. The first kappa shape index (κ1) is 14.4. The van der Waals surface area contributed by atoms with Crippen molar-refractivity contribution in [1.82, 2.24) is 0 Å². The largest absolute Gasteiger partial charge is 0.493 e. The number of carbonyl (C=O) groups is 1. The smallest absolute Gasteiger partial charge is 0.328 e. The highest BCUT2D eigenvalue weighted by molar-refractivity contribution is 5.86. The van der Waals surface area contributed by atoms with Gasteiger partial charge in [-0.2, -0.15) is 0 Å². The van der Waals surface area contributed by atoms with Gasteiger partial charge < -0.3 is 14.6 Å². The Kier molecular flexibility index (Phi) is 5.04. The zero-order chi connectivity index (χ0) is 14.4. The van der Waals surface area contributed by atoms with E-state index in [0.29, 0.717) is 11.5 Å². The van der Waals surface area contributed by atoms with Gasteiger partial charge in [-0.05, 0) is 37.8 Å². The van der Waals surface area contributed by atoms with Crippen molar-refractivity contribution in [3.8, 4) is 11.5 Å². The van der Waals surface area contributed by atoms with Gasteiger partial charge in [0, 0.05) is 11.6 Å². The molecule has 2 rings (SSSR count). The summed E-state index contributed by atoms with van der Waals surface area (Å²) >= 11 is 0. The third kappa shape index (κ3) is 3.76. The fourth-order valence-corrected chi connectivity index (χ4v) is 2.46. The van der Waals surface area contributed by atoms with Gasteiger partial charge in [-0.3, -0.25) is 0 Å². The van der Waals surface area contributed by atoms with E-state index in [2.05, 4.69) is 0 Å². The SMILES string of the molecule is COc1cccc(/C=C/C(=O)O)c1OC1CCCCC1. The lowest BCUT2D eigenvalue weighted by molar-refractivity contribution is -0.131. The molecule has 1 aromatic carbocycles. The number of rotatable bonds is 5. The number of carboxylic acid groups (broad SMARTS) is 1. The Balaban J connectivity index is 2.24. The molecule has 0 aromatic heterocycles. The number of hydrogen-bond donors (Lipinski definition) is 1. The van der Waals surface area contributed by atoms with Crippen LogP contribution in [0.2, 0.25) is 0 Å². The highest BCUT2D eigenvalue weighted by Gasteiger charge is 2.18. The molecule has 108 valence electrons. The molecule has 0 atom stereocenters. The van der Waals surface area contributed by atoms with Crippen molar-refractivity contribution in [2.75, 3.05) is 7.11 Å². The monoisotopic (exact) mass is 276 g/mol. The summed E-state index contributed by atoms with van der Waals surface area (Å²) in [6.07, 6.45) is 8.56. The third-order valence-corrected chi connectivity index (χ3v) is 3.47. The Bertz CT molecular complexity index is 487. The van der Waals surface area contributed by atoms with E-state index < -0.39 is 5.97 Å². The Morgan fingerprint density at radius 2 is 2.05 bits per heavy atom. The number of carboxylic acids is 1. The number of ether oxygens (including phenoxy) is 2. The van der Waals surface area contributed by atoms with Crippen LogP contribution >= 0.6 is 0 Å². The minimum Gasteiger partial charge on any atom is -0.493 e. The molecule has 1 N–H and O–H groups in total. The van der Waals surface area contributed by atoms with E-state index in [9.17, 15) is 4.79 Å². The molecule has 0 unspecified atom stereocenters. The van der Waals surface area contributed by atoms with E-state index in [0.717, 1.165) is 24.5 Å². The molecule has 0 heterocycles. The number of aliphatic carboxylic acids is 1. The van der Waals surface area contributed by atoms with Gasteiger partial charge in [0.05, 0.1) is 13.2 Å². The number of para-hydroxylation sites is 1. The number of benzene rings is 1. The van der Waals surface area contributed by atoms with E-state index in [4.69, 9.17) is 14.6 Å². The molecule has 0 aliphatic heterocycles. The maximum Gasteiger partial charge on any atom is 0.328 e. The van der Waals surface area contributed by atoms with Crippen LogP contribution < -0.4 is 9.47 Å². The minimum absolute atomic E-state index is 0.192. The quantitative estimate of drug-likeness (QED) is 0.836. The molecule has 4 heteroatoms. The van der Waals surface area contributed by atoms with Gasteiger partial charge in [0.25, 0.3) is 0 Å². The van der Waals surface area contributed by atoms with E-state index in [1.54, 1.807) is 13.2 Å². The van der Waals surface area contributed by atoms with Crippen LogP contribution in [0.4, 0.5) is 0 Å². The topological polar surface area (TPSA) is 55.8 Å². The van der Waals surface area contributed by atoms with Crippen molar-refractivity contribution < 1.29 is 19.4 Å². The second-order valence-corrected chi connectivity index (χ2v) is 4.93. The second kappa shape index (κ2) is 6.98. The summed E-state index contributed by atoms with van der Waals surface area (Å²) in [7, 11) is 1.59. The second-order valence-electron chi connectivity index (χ2n) is 4.93. The van der Waals surface area contributed by atoms with Crippen molar-refractivity contribution in [3.63, 3.8) is 0 Å². The van der Waals surface area contributed by atoms with Crippen LogP contribution in [-0.4, -0.2) is 24.3 Å². The molecule has 0 saturated heterocycles. The number of methoxy groups -OCH3 is 1. The van der Waals surface area contributed by atoms with Gasteiger partial charge in [-0.25, -0.2) is 4.79 Å². The summed E-state index contributed by atoms with van der Waals surface area (Å²) < 4.78 is 11.4. The Labute approximate surface area is 119 Å². The molecule has 1 aliphatic rings. The molecule has 1 aliphatic carbocycles. The standard InChI is InChI=1S/C16H20O4/c1-19-14-9-5-6-12(10-11-15(17)18)16(14)20-13-7-3-2-4-8-13/h5-6,9-11,13H,2-4,7-8H2,1H3,(H,17,18)/b11-10+. The summed E-state index contributed by atoms with van der Waals surface area (Å²) in [4.78, 5) is 10.7. The highest BCUT2D eigenvalue weighted by atomic mass is 16.5. The summed E-state index contributed by atoms with van der Waals surface area (Å²) in [5.74, 6) is 0.305. The molecule has 0 amide bonds. The molecule has 1 saturated carbocycles. The first-order chi connectivity index (χ1) is 9.70. The molecule has 0 bridgehead atoms. The van der Waals surface area contributed by atoms with Crippen molar-refractivity contribution in [2.24, 2.45) is 0 Å². The van der Waals surface area contributed by atoms with E-state index in [1.807, 2.05) is 18.2 Å². The molecular weight excluding hydrogens is 256 g/mol. The van der Waals surface area contributed by atoms with Gasteiger partial charge in [0.2, 0.25) is 0 Å². The molecule has 20 heavy (non-hydrogen) atoms. The zero-order valence-corrected chi connectivity index (χ0v) is 11.7. The van der Waals surface area contributed by atoms with Crippen LogP contribution in [0.3, 0.4) is 0 Å². The van der Waals surface area contributed by atoms with E-state index >= 15 is 0 Å². The Hall–Kier alpha value is -1.97. The molecule has 4 nitrogen and oxygen atoms in total. The maximum absolute atomic E-state index is 10.7. The summed E-state index contributed by atoms with van der Waals surface area (Å²) in [6.45, 7) is 0. The lowest BCUT2D eigenvalue weighted by Gasteiger charge is -2.25. The Morgan fingerprint density at radius 3 is 2.70 bits per heavy atom. The van der Waals surface area contributed by atoms with Crippen molar-refractivity contribution >= 4 is 12.0 Å². The Morgan fingerprint density at radius 1 is 1.30 bits per heavy atom. The molecule has 0 radical (unpaired) electrons. The van der Waals surface area contributed by atoms with Gasteiger partial charge >= 0.3 is 5.97 Å². The van der Waals surface area contributed by atoms with Gasteiger partial charge in [-0.15, -0.1) is 0 Å². The number of hydrogen-bond acceptors (Lipinski definition) is 3. The van der Waals surface area contributed by atoms with Crippen LogP contribution in [0.1, 0.15) is 37.7 Å².